The van der Waals surface area contributed by atoms with Crippen molar-refractivity contribution in [2.75, 3.05) is 5.73 Å². The van der Waals surface area contributed by atoms with Crippen LogP contribution in [0.2, 0.25) is 0 Å². The number of nitrogens with two attached hydrogens (primary N) is 1. The van der Waals surface area contributed by atoms with Gasteiger partial charge in [0.05, 0.1) is 15.9 Å². The zero-order valence-corrected chi connectivity index (χ0v) is 9.01. The highest BCUT2D eigenvalue weighted by molar-refractivity contribution is 5.71. The van der Waals surface area contributed by atoms with E-state index in [0.717, 1.165) is 18.9 Å². The molecule has 7 nitrogen and oxygen atoms in total. The summed E-state index contributed by atoms with van der Waals surface area (Å²) < 4.78 is 0. The topological polar surface area (TPSA) is 112 Å². The van der Waals surface area contributed by atoms with Crippen molar-refractivity contribution in [3.63, 3.8) is 0 Å². The smallest absolute Gasteiger partial charge is 0.299 e. The van der Waals surface area contributed by atoms with Crippen molar-refractivity contribution in [2.24, 2.45) is 0 Å². The highest BCUT2D eigenvalue weighted by Crippen LogP contribution is 2.39. The lowest BCUT2D eigenvalue weighted by Crippen LogP contribution is -2.11. The Hall–Kier alpha value is -2.18. The lowest BCUT2D eigenvalue weighted by Gasteiger charge is -2.17. The highest BCUT2D eigenvalue weighted by atomic mass is 16.6. The molecule has 0 amide bonds. The van der Waals surface area contributed by atoms with Crippen LogP contribution in [0.5, 0.6) is 0 Å². The number of nitrogens with zero attached hydrogens (tertiary/aromatic N) is 2. The van der Waals surface area contributed by atoms with E-state index in [1.165, 1.54) is 0 Å². The van der Waals surface area contributed by atoms with Crippen molar-refractivity contribution in [3.05, 3.63) is 37.4 Å². The first-order valence-corrected chi connectivity index (χ1v) is 5.25. The van der Waals surface area contributed by atoms with Crippen LogP contribution < -0.4 is 5.73 Å². The van der Waals surface area contributed by atoms with Gasteiger partial charge in [0, 0.05) is 5.56 Å². The molecule has 1 aromatic carbocycles. The number of anilines is 1. The lowest BCUT2D eigenvalue weighted by molar-refractivity contribution is -0.394. The largest absolute Gasteiger partial charge is 0.393 e. The molecule has 1 aromatic rings. The van der Waals surface area contributed by atoms with E-state index in [9.17, 15) is 20.2 Å². The molecule has 0 heterocycles. The number of nitrogen functional groups attached to an aromatic ring is 1. The molecular weight excluding hydrogens is 226 g/mol. The van der Waals surface area contributed by atoms with Gasteiger partial charge >= 0.3 is 0 Å². The molecule has 0 saturated heterocycles. The van der Waals surface area contributed by atoms with Crippen LogP contribution in [-0.2, 0) is 12.8 Å². The second-order valence-corrected chi connectivity index (χ2v) is 4.01. The molecule has 7 heteroatoms. The first kappa shape index (κ1) is 11.3. The third-order valence-electron chi connectivity index (χ3n) is 3.04. The van der Waals surface area contributed by atoms with Crippen LogP contribution >= 0.6 is 0 Å². The highest BCUT2D eigenvalue weighted by Gasteiger charge is 2.29. The van der Waals surface area contributed by atoms with E-state index >= 15 is 0 Å². The number of hydrogen-bond donors (Lipinski definition) is 1. The molecule has 17 heavy (non-hydrogen) atoms. The maximum Gasteiger partial charge on any atom is 0.299 e. The fourth-order valence-electron chi connectivity index (χ4n) is 2.25. The maximum atomic E-state index is 10.9. The third kappa shape index (κ3) is 1.79. The Morgan fingerprint density at radius 3 is 2.06 bits per heavy atom. The van der Waals surface area contributed by atoms with E-state index in [1.54, 1.807) is 0 Å². The number of hydrogen-bond acceptors (Lipinski definition) is 5. The van der Waals surface area contributed by atoms with E-state index in [4.69, 9.17) is 5.73 Å². The van der Waals surface area contributed by atoms with E-state index in [-0.39, 0.29) is 17.1 Å². The van der Waals surface area contributed by atoms with Gasteiger partial charge in [-0.25, -0.2) is 0 Å². The predicted molar refractivity (Wildman–Crippen MR) is 60.8 cm³/mol. The van der Waals surface area contributed by atoms with Crippen LogP contribution in [0.25, 0.3) is 0 Å². The molecule has 2 rings (SSSR count). The summed E-state index contributed by atoms with van der Waals surface area (Å²) in [4.78, 5) is 20.4. The standard InChI is InChI=1S/C10H11N3O4/c11-10-7-4-2-1-3-6(7)8(12(14)15)5-9(10)13(16)17/h5H,1-4,11H2. The molecular formula is C10H11N3O4. The molecule has 0 spiro atoms. The van der Waals surface area contributed by atoms with Crippen LogP contribution in [0.15, 0.2) is 6.07 Å². The van der Waals surface area contributed by atoms with Gasteiger partial charge in [0.2, 0.25) is 0 Å². The monoisotopic (exact) mass is 237 g/mol. The van der Waals surface area contributed by atoms with Gasteiger partial charge < -0.3 is 5.73 Å². The molecule has 0 aliphatic heterocycles. The Morgan fingerprint density at radius 2 is 1.53 bits per heavy atom. The van der Waals surface area contributed by atoms with Crippen molar-refractivity contribution in [1.29, 1.82) is 0 Å². The van der Waals surface area contributed by atoms with E-state index in [2.05, 4.69) is 0 Å². The Kier molecular flexibility index (Phi) is 2.66. The van der Waals surface area contributed by atoms with Gasteiger partial charge in [-0.2, -0.15) is 0 Å². The minimum absolute atomic E-state index is 0.0790. The summed E-state index contributed by atoms with van der Waals surface area (Å²) >= 11 is 0. The molecule has 0 bridgehead atoms. The maximum absolute atomic E-state index is 10.9. The average Bonchev–Trinajstić information content (AvgIpc) is 2.29. The molecule has 0 unspecified atom stereocenters. The predicted octanol–water partition coefficient (Wildman–Crippen LogP) is 1.96. The average molecular weight is 237 g/mol. The molecule has 0 saturated carbocycles. The molecule has 1 aliphatic rings. The van der Waals surface area contributed by atoms with Gasteiger partial charge in [0.25, 0.3) is 11.4 Å². The molecule has 0 fully saturated rings. The fraction of sp³-hybridized carbons (Fsp3) is 0.400. The van der Waals surface area contributed by atoms with Gasteiger partial charge in [-0.15, -0.1) is 0 Å². The van der Waals surface area contributed by atoms with Crippen LogP contribution in [0.4, 0.5) is 17.1 Å². The quantitative estimate of drug-likeness (QED) is 0.480. The molecule has 0 atom stereocenters. The van der Waals surface area contributed by atoms with Crippen molar-refractivity contribution in [2.45, 2.75) is 25.7 Å². The number of nitro benzene ring substituents is 2. The second kappa shape index (κ2) is 4.00. The number of nitro groups is 2. The van der Waals surface area contributed by atoms with Gasteiger partial charge in [-0.1, -0.05) is 0 Å². The zero-order valence-electron chi connectivity index (χ0n) is 9.01. The third-order valence-corrected chi connectivity index (χ3v) is 3.04. The fourth-order valence-corrected chi connectivity index (χ4v) is 2.25. The van der Waals surface area contributed by atoms with Crippen LogP contribution in [0.3, 0.4) is 0 Å². The SMILES string of the molecule is Nc1c([N+](=O)[O-])cc([N+](=O)[O-])c2c1CCCC2. The summed E-state index contributed by atoms with van der Waals surface area (Å²) in [5.41, 5.74) is 6.39. The van der Waals surface area contributed by atoms with Gasteiger partial charge in [0.15, 0.2) is 0 Å². The van der Waals surface area contributed by atoms with Gasteiger partial charge in [-0.05, 0) is 31.2 Å². The normalized spacial score (nSPS) is 14.1. The zero-order chi connectivity index (χ0) is 12.6. The van der Waals surface area contributed by atoms with Crippen molar-refractivity contribution >= 4 is 17.1 Å². The van der Waals surface area contributed by atoms with Gasteiger partial charge in [0.1, 0.15) is 5.69 Å². The molecule has 90 valence electrons. The molecule has 1 aliphatic carbocycles. The Morgan fingerprint density at radius 1 is 1.00 bits per heavy atom. The first-order chi connectivity index (χ1) is 8.02. The van der Waals surface area contributed by atoms with E-state index < -0.39 is 9.85 Å². The minimum Gasteiger partial charge on any atom is -0.393 e. The van der Waals surface area contributed by atoms with Crippen molar-refractivity contribution in [1.82, 2.24) is 0 Å². The molecule has 0 radical (unpaired) electrons. The molecule has 2 N–H and O–H groups in total. The number of fused-ring (bicyclic) bond motifs is 1. The number of rotatable bonds is 2. The summed E-state index contributed by atoms with van der Waals surface area (Å²) in [6, 6.07) is 0.972. The first-order valence-electron chi connectivity index (χ1n) is 5.25. The van der Waals surface area contributed by atoms with E-state index in [0.29, 0.717) is 24.0 Å². The minimum atomic E-state index is -0.669. The summed E-state index contributed by atoms with van der Waals surface area (Å²) in [5, 5.41) is 21.7. The number of benzene rings is 1. The summed E-state index contributed by atoms with van der Waals surface area (Å²) in [6.07, 6.45) is 2.85. The Labute approximate surface area is 96.5 Å². The Bertz CT molecular complexity index is 513. The Balaban J connectivity index is 2.72. The van der Waals surface area contributed by atoms with Crippen molar-refractivity contribution in [3.8, 4) is 0 Å². The van der Waals surface area contributed by atoms with E-state index in [1.807, 2.05) is 0 Å². The van der Waals surface area contributed by atoms with Gasteiger partial charge in [-0.3, -0.25) is 20.2 Å². The lowest BCUT2D eigenvalue weighted by atomic mass is 9.88. The van der Waals surface area contributed by atoms with Crippen LogP contribution in [0, 0.1) is 20.2 Å². The summed E-state index contributed by atoms with van der Waals surface area (Å²) in [5.74, 6) is 0. The summed E-state index contributed by atoms with van der Waals surface area (Å²) in [6.45, 7) is 0. The van der Waals surface area contributed by atoms with Crippen LogP contribution in [-0.4, -0.2) is 9.85 Å². The molecule has 0 aromatic heterocycles. The van der Waals surface area contributed by atoms with Crippen molar-refractivity contribution < 1.29 is 9.85 Å². The summed E-state index contributed by atoms with van der Waals surface area (Å²) in [7, 11) is 0. The van der Waals surface area contributed by atoms with Crippen LogP contribution in [0.1, 0.15) is 24.0 Å². The second-order valence-electron chi connectivity index (χ2n) is 4.01.